The number of hydrogen-bond donors (Lipinski definition) is 0. The summed E-state index contributed by atoms with van der Waals surface area (Å²) < 4.78 is 20.3. The maximum Gasteiger partial charge on any atom is 0.409 e. The first-order valence-corrected chi connectivity index (χ1v) is 9.87. The van der Waals surface area contributed by atoms with Crippen LogP contribution in [0.4, 0.5) is 15.1 Å². The molecule has 1 aliphatic rings. The van der Waals surface area contributed by atoms with E-state index in [-0.39, 0.29) is 11.9 Å². The molecular formula is C21H23FN6O2. The molecule has 30 heavy (non-hydrogen) atoms. The van der Waals surface area contributed by atoms with Gasteiger partial charge < -0.3 is 14.5 Å². The molecule has 0 aliphatic carbocycles. The molecule has 0 bridgehead atoms. The van der Waals surface area contributed by atoms with Gasteiger partial charge in [0.15, 0.2) is 0 Å². The first-order valence-electron chi connectivity index (χ1n) is 9.87. The van der Waals surface area contributed by atoms with E-state index in [1.165, 1.54) is 12.1 Å². The number of benzene rings is 1. The SMILES string of the molecule is CCOC(=O)N1CCN(c2nccc(-c3cn(-c4cccc(F)c4)nc3C)n2)CC1. The van der Waals surface area contributed by atoms with Gasteiger partial charge in [0.25, 0.3) is 0 Å². The van der Waals surface area contributed by atoms with Crippen molar-refractivity contribution in [3.63, 3.8) is 0 Å². The summed E-state index contributed by atoms with van der Waals surface area (Å²) in [6.45, 7) is 6.43. The molecule has 1 saturated heterocycles. The van der Waals surface area contributed by atoms with Gasteiger partial charge in [0.1, 0.15) is 5.82 Å². The number of aromatic nitrogens is 4. The van der Waals surface area contributed by atoms with Gasteiger partial charge in [0.05, 0.1) is 23.7 Å². The fourth-order valence-electron chi connectivity index (χ4n) is 3.42. The lowest BCUT2D eigenvalue weighted by molar-refractivity contribution is 0.105. The van der Waals surface area contributed by atoms with E-state index in [2.05, 4.69) is 10.1 Å². The van der Waals surface area contributed by atoms with E-state index >= 15 is 0 Å². The van der Waals surface area contributed by atoms with Crippen molar-refractivity contribution in [2.24, 2.45) is 0 Å². The molecule has 2 aromatic heterocycles. The summed E-state index contributed by atoms with van der Waals surface area (Å²) in [5.74, 6) is 0.294. The Morgan fingerprint density at radius 2 is 2.00 bits per heavy atom. The normalized spacial score (nSPS) is 14.1. The summed E-state index contributed by atoms with van der Waals surface area (Å²) in [7, 11) is 0. The average molecular weight is 410 g/mol. The van der Waals surface area contributed by atoms with Gasteiger partial charge in [0, 0.05) is 44.1 Å². The Hall–Kier alpha value is -3.49. The lowest BCUT2D eigenvalue weighted by Crippen LogP contribution is -2.49. The summed E-state index contributed by atoms with van der Waals surface area (Å²) >= 11 is 0. The Kier molecular flexibility index (Phi) is 5.60. The van der Waals surface area contributed by atoms with Gasteiger partial charge in [-0.1, -0.05) is 6.07 Å². The number of amides is 1. The zero-order valence-electron chi connectivity index (χ0n) is 17.0. The van der Waals surface area contributed by atoms with Gasteiger partial charge in [-0.05, 0) is 38.1 Å². The Labute approximate surface area is 173 Å². The molecule has 0 atom stereocenters. The Morgan fingerprint density at radius 3 is 2.73 bits per heavy atom. The zero-order chi connectivity index (χ0) is 21.1. The smallest absolute Gasteiger partial charge is 0.409 e. The molecule has 8 nitrogen and oxygen atoms in total. The van der Waals surface area contributed by atoms with Crippen LogP contribution in [0.1, 0.15) is 12.6 Å². The van der Waals surface area contributed by atoms with Gasteiger partial charge in [-0.3, -0.25) is 0 Å². The molecule has 9 heteroatoms. The standard InChI is InChI=1S/C21H23FN6O2/c1-3-30-21(29)27-11-9-26(10-12-27)20-23-8-7-19(24-20)18-14-28(25-15(18)2)17-6-4-5-16(22)13-17/h4-8,13-14H,3,9-12H2,1-2H3. The van der Waals surface area contributed by atoms with Gasteiger partial charge in [-0.25, -0.2) is 23.8 Å². The van der Waals surface area contributed by atoms with Crippen LogP contribution in [0, 0.1) is 12.7 Å². The topological polar surface area (TPSA) is 76.4 Å². The Morgan fingerprint density at radius 1 is 1.20 bits per heavy atom. The minimum Gasteiger partial charge on any atom is -0.450 e. The lowest BCUT2D eigenvalue weighted by Gasteiger charge is -2.34. The van der Waals surface area contributed by atoms with Gasteiger partial charge in [-0.15, -0.1) is 0 Å². The number of hydrogen-bond acceptors (Lipinski definition) is 6. The van der Waals surface area contributed by atoms with Crippen molar-refractivity contribution in [1.29, 1.82) is 0 Å². The number of rotatable bonds is 4. The van der Waals surface area contributed by atoms with Crippen LogP contribution in [0.3, 0.4) is 0 Å². The maximum atomic E-state index is 13.6. The lowest BCUT2D eigenvalue weighted by atomic mass is 10.2. The van der Waals surface area contributed by atoms with Crippen molar-refractivity contribution in [2.75, 3.05) is 37.7 Å². The van der Waals surface area contributed by atoms with E-state index in [1.807, 2.05) is 24.1 Å². The molecule has 1 fully saturated rings. The summed E-state index contributed by atoms with van der Waals surface area (Å²) in [4.78, 5) is 24.7. The van der Waals surface area contributed by atoms with E-state index in [4.69, 9.17) is 9.72 Å². The van der Waals surface area contributed by atoms with Crippen LogP contribution in [0.5, 0.6) is 0 Å². The highest BCUT2D eigenvalue weighted by Gasteiger charge is 2.23. The van der Waals surface area contributed by atoms with Gasteiger partial charge in [-0.2, -0.15) is 5.10 Å². The minimum atomic E-state index is -0.312. The van der Waals surface area contributed by atoms with Crippen LogP contribution in [-0.2, 0) is 4.74 Å². The minimum absolute atomic E-state index is 0.285. The molecule has 156 valence electrons. The Bertz CT molecular complexity index is 1050. The van der Waals surface area contributed by atoms with E-state index in [1.54, 1.807) is 34.8 Å². The molecule has 0 spiro atoms. The molecule has 1 aliphatic heterocycles. The van der Waals surface area contributed by atoms with E-state index in [0.29, 0.717) is 44.4 Å². The van der Waals surface area contributed by atoms with Crippen LogP contribution in [-0.4, -0.2) is 63.5 Å². The number of nitrogens with zero attached hydrogens (tertiary/aromatic N) is 6. The first-order chi connectivity index (χ1) is 14.5. The second kappa shape index (κ2) is 8.48. The van der Waals surface area contributed by atoms with Crippen LogP contribution >= 0.6 is 0 Å². The molecule has 3 heterocycles. The zero-order valence-corrected chi connectivity index (χ0v) is 17.0. The molecule has 0 radical (unpaired) electrons. The third kappa shape index (κ3) is 4.10. The van der Waals surface area contributed by atoms with Crippen molar-refractivity contribution in [3.8, 4) is 16.9 Å². The van der Waals surface area contributed by atoms with E-state index in [9.17, 15) is 9.18 Å². The van der Waals surface area contributed by atoms with Gasteiger partial charge >= 0.3 is 6.09 Å². The van der Waals surface area contributed by atoms with Crippen LogP contribution in [0.25, 0.3) is 16.9 Å². The predicted octanol–water partition coefficient (Wildman–Crippen LogP) is 3.06. The van der Waals surface area contributed by atoms with Gasteiger partial charge in [0.2, 0.25) is 5.95 Å². The van der Waals surface area contributed by atoms with E-state index in [0.717, 1.165) is 17.0 Å². The third-order valence-corrected chi connectivity index (χ3v) is 4.98. The molecule has 0 unspecified atom stereocenters. The molecular weight excluding hydrogens is 387 g/mol. The number of halogens is 1. The van der Waals surface area contributed by atoms with Crippen molar-refractivity contribution < 1.29 is 13.9 Å². The van der Waals surface area contributed by atoms with Crippen LogP contribution in [0.2, 0.25) is 0 Å². The quantitative estimate of drug-likeness (QED) is 0.658. The first kappa shape index (κ1) is 19.8. The monoisotopic (exact) mass is 410 g/mol. The van der Waals surface area contributed by atoms with Crippen molar-refractivity contribution in [1.82, 2.24) is 24.6 Å². The molecule has 1 aromatic carbocycles. The van der Waals surface area contributed by atoms with Crippen molar-refractivity contribution in [2.45, 2.75) is 13.8 Å². The molecule has 0 saturated carbocycles. The summed E-state index contributed by atoms with van der Waals surface area (Å²) in [6, 6.07) is 8.12. The highest BCUT2D eigenvalue weighted by Crippen LogP contribution is 2.24. The predicted molar refractivity (Wildman–Crippen MR) is 110 cm³/mol. The van der Waals surface area contributed by atoms with Crippen LogP contribution < -0.4 is 4.90 Å². The summed E-state index contributed by atoms with van der Waals surface area (Å²) in [5, 5.41) is 4.51. The second-order valence-corrected chi connectivity index (χ2v) is 6.97. The largest absolute Gasteiger partial charge is 0.450 e. The highest BCUT2D eigenvalue weighted by atomic mass is 19.1. The third-order valence-electron chi connectivity index (χ3n) is 4.98. The molecule has 3 aromatic rings. The fraction of sp³-hybridized carbons (Fsp3) is 0.333. The summed E-state index contributed by atoms with van der Waals surface area (Å²) in [5.41, 5.74) is 3.03. The number of carbonyl (C=O) groups excluding carboxylic acids is 1. The van der Waals surface area contributed by atoms with Crippen molar-refractivity contribution >= 4 is 12.0 Å². The number of anilines is 1. The second-order valence-electron chi connectivity index (χ2n) is 6.97. The number of aryl methyl sites for hydroxylation is 1. The molecule has 4 rings (SSSR count). The number of carbonyl (C=O) groups is 1. The maximum absolute atomic E-state index is 13.6. The number of ether oxygens (including phenoxy) is 1. The van der Waals surface area contributed by atoms with Crippen LogP contribution in [0.15, 0.2) is 42.7 Å². The van der Waals surface area contributed by atoms with Crippen molar-refractivity contribution in [3.05, 3.63) is 54.2 Å². The number of piperazine rings is 1. The van der Waals surface area contributed by atoms with E-state index < -0.39 is 0 Å². The Balaban J connectivity index is 1.53. The fourth-order valence-corrected chi connectivity index (χ4v) is 3.42. The average Bonchev–Trinajstić information content (AvgIpc) is 3.16. The molecule has 0 N–H and O–H groups in total. The molecule has 1 amide bonds. The highest BCUT2D eigenvalue weighted by molar-refractivity contribution is 5.68. The summed E-state index contributed by atoms with van der Waals surface area (Å²) in [6.07, 6.45) is 3.27.